The molecule has 0 aliphatic heterocycles. The minimum atomic E-state index is 0.547. The van der Waals surface area contributed by atoms with Gasteiger partial charge in [0.15, 0.2) is 0 Å². The van der Waals surface area contributed by atoms with Crippen molar-refractivity contribution < 1.29 is 0 Å². The van der Waals surface area contributed by atoms with Crippen LogP contribution in [-0.4, -0.2) is 0 Å². The third kappa shape index (κ3) is 1.25. The second kappa shape index (κ2) is 1.66. The maximum atomic E-state index is 2.42. The molecule has 0 aromatic carbocycles. The average Bonchev–Trinajstić information content (AvgIpc) is 2.72. The number of rotatable bonds is 3. The van der Waals surface area contributed by atoms with E-state index in [4.69, 9.17) is 0 Å². The summed E-state index contributed by atoms with van der Waals surface area (Å²) >= 11 is 0. The lowest BCUT2D eigenvalue weighted by Crippen LogP contribution is -2.00. The van der Waals surface area contributed by atoms with Crippen LogP contribution in [0.3, 0.4) is 0 Å². The Labute approximate surface area is 63.3 Å². The molecule has 0 bridgehead atoms. The Kier molecular flexibility index (Phi) is 1.07. The summed E-state index contributed by atoms with van der Waals surface area (Å²) in [5, 5.41) is 0. The summed E-state index contributed by atoms with van der Waals surface area (Å²) in [6.45, 7) is 4.75. The van der Waals surface area contributed by atoms with Crippen molar-refractivity contribution in [1.29, 1.82) is 0 Å². The molecule has 0 aromatic heterocycles. The van der Waals surface area contributed by atoms with Gasteiger partial charge in [0.05, 0.1) is 0 Å². The molecule has 56 valence electrons. The van der Waals surface area contributed by atoms with Gasteiger partial charge in [0, 0.05) is 5.41 Å². The van der Waals surface area contributed by atoms with Crippen LogP contribution >= 0.6 is 0 Å². The van der Waals surface area contributed by atoms with Gasteiger partial charge in [-0.3, -0.25) is 0 Å². The maximum absolute atomic E-state index is 2.42. The first-order chi connectivity index (χ1) is 4.62. The molecular weight excluding hydrogens is 120 g/mol. The molecule has 1 fully saturated rings. The van der Waals surface area contributed by atoms with Gasteiger partial charge in [-0.1, -0.05) is 26.0 Å². The van der Waals surface area contributed by atoms with Gasteiger partial charge >= 0.3 is 0 Å². The predicted octanol–water partition coefficient (Wildman–Crippen LogP) is 3.14. The van der Waals surface area contributed by atoms with Crippen LogP contribution in [0, 0.1) is 10.8 Å². The van der Waals surface area contributed by atoms with Crippen LogP contribution in [0.4, 0.5) is 0 Å². The van der Waals surface area contributed by atoms with Crippen molar-refractivity contribution in [1.82, 2.24) is 0 Å². The molecule has 0 unspecified atom stereocenters. The van der Waals surface area contributed by atoms with E-state index in [0.717, 1.165) is 5.41 Å². The molecule has 0 nitrogen and oxygen atoms in total. The molecule has 0 atom stereocenters. The Bertz CT molecular complexity index is 162. The lowest BCUT2D eigenvalue weighted by molar-refractivity contribution is 0.428. The highest BCUT2D eigenvalue weighted by Gasteiger charge is 2.39. The molecule has 0 N–H and O–H groups in total. The Morgan fingerprint density at radius 1 is 1.10 bits per heavy atom. The summed E-state index contributed by atoms with van der Waals surface area (Å²) in [6.07, 6.45) is 10.4. The molecule has 2 aliphatic rings. The van der Waals surface area contributed by atoms with E-state index in [0.29, 0.717) is 5.41 Å². The van der Waals surface area contributed by atoms with Crippen LogP contribution < -0.4 is 0 Å². The van der Waals surface area contributed by atoms with Crippen LogP contribution in [-0.2, 0) is 0 Å². The first kappa shape index (κ1) is 6.45. The van der Waals surface area contributed by atoms with Crippen LogP contribution in [0.5, 0.6) is 0 Å². The quantitative estimate of drug-likeness (QED) is 0.523. The summed E-state index contributed by atoms with van der Waals surface area (Å²) in [4.78, 5) is 0. The van der Waals surface area contributed by atoms with Crippen LogP contribution in [0.25, 0.3) is 0 Å². The van der Waals surface area contributed by atoms with E-state index in [-0.39, 0.29) is 0 Å². The maximum Gasteiger partial charge on any atom is 0.00335 e. The van der Waals surface area contributed by atoms with E-state index in [2.05, 4.69) is 26.0 Å². The van der Waals surface area contributed by atoms with Gasteiger partial charge in [-0.15, -0.1) is 0 Å². The highest BCUT2D eigenvalue weighted by Crippen LogP contribution is 2.52. The third-order valence-corrected chi connectivity index (χ3v) is 3.11. The summed E-state index contributed by atoms with van der Waals surface area (Å²) in [7, 11) is 0. The third-order valence-electron chi connectivity index (χ3n) is 3.11. The van der Waals surface area contributed by atoms with Crippen LogP contribution in [0.2, 0.25) is 0 Å². The molecule has 10 heavy (non-hydrogen) atoms. The summed E-state index contributed by atoms with van der Waals surface area (Å²) in [5.41, 5.74) is 1.30. The fourth-order valence-corrected chi connectivity index (χ4v) is 1.34. The molecule has 0 spiro atoms. The standard InChI is InChI=1S/C10H16/c1-9(3-4-9)7-8-10(2)5-6-10/h3-4H,5-8H2,1-2H3. The lowest BCUT2D eigenvalue weighted by atomic mass is 9.93. The van der Waals surface area contributed by atoms with Crippen molar-refractivity contribution in [3.63, 3.8) is 0 Å². The van der Waals surface area contributed by atoms with Gasteiger partial charge in [0.2, 0.25) is 0 Å². The van der Waals surface area contributed by atoms with Crippen molar-refractivity contribution in [3.8, 4) is 0 Å². The predicted molar refractivity (Wildman–Crippen MR) is 43.8 cm³/mol. The van der Waals surface area contributed by atoms with E-state index < -0.39 is 0 Å². The molecule has 2 rings (SSSR count). The molecule has 0 heteroatoms. The first-order valence-corrected chi connectivity index (χ1v) is 4.32. The van der Waals surface area contributed by atoms with E-state index in [1.165, 1.54) is 25.7 Å². The smallest absolute Gasteiger partial charge is 0.00335 e. The fraction of sp³-hybridized carbons (Fsp3) is 0.800. The van der Waals surface area contributed by atoms with Gasteiger partial charge in [0.25, 0.3) is 0 Å². The Hall–Kier alpha value is -0.260. The van der Waals surface area contributed by atoms with Gasteiger partial charge in [0.1, 0.15) is 0 Å². The second-order valence-corrected chi connectivity index (χ2v) is 4.65. The van der Waals surface area contributed by atoms with Crippen LogP contribution in [0.15, 0.2) is 12.2 Å². The molecule has 0 heterocycles. The van der Waals surface area contributed by atoms with Crippen molar-refractivity contribution >= 4 is 0 Å². The second-order valence-electron chi connectivity index (χ2n) is 4.65. The van der Waals surface area contributed by atoms with Crippen molar-refractivity contribution in [2.24, 2.45) is 10.8 Å². The zero-order valence-corrected chi connectivity index (χ0v) is 6.98. The van der Waals surface area contributed by atoms with E-state index in [1.807, 2.05) is 0 Å². The summed E-state index contributed by atoms with van der Waals surface area (Å²) < 4.78 is 0. The molecule has 2 aliphatic carbocycles. The Balaban J connectivity index is 1.73. The lowest BCUT2D eigenvalue weighted by Gasteiger charge is -2.12. The molecule has 0 amide bonds. The zero-order valence-electron chi connectivity index (χ0n) is 6.98. The fourth-order valence-electron chi connectivity index (χ4n) is 1.34. The number of hydrogen-bond donors (Lipinski definition) is 0. The largest absolute Gasteiger partial charge is 0.0780 e. The first-order valence-electron chi connectivity index (χ1n) is 4.32. The molecule has 0 saturated heterocycles. The Morgan fingerprint density at radius 2 is 1.70 bits per heavy atom. The molecule has 1 saturated carbocycles. The minimum absolute atomic E-state index is 0.547. The van der Waals surface area contributed by atoms with Crippen molar-refractivity contribution in [2.45, 2.75) is 39.5 Å². The number of allylic oxidation sites excluding steroid dienone is 2. The highest BCUT2D eigenvalue weighted by molar-refractivity contribution is 5.23. The van der Waals surface area contributed by atoms with Crippen LogP contribution in [0.1, 0.15) is 39.5 Å². The molecule has 0 aromatic rings. The topological polar surface area (TPSA) is 0 Å². The number of hydrogen-bond acceptors (Lipinski definition) is 0. The minimum Gasteiger partial charge on any atom is -0.0780 e. The zero-order chi connectivity index (χ0) is 7.24. The van der Waals surface area contributed by atoms with Crippen molar-refractivity contribution in [2.75, 3.05) is 0 Å². The Morgan fingerprint density at radius 3 is 2.10 bits per heavy atom. The van der Waals surface area contributed by atoms with E-state index in [9.17, 15) is 0 Å². The molecule has 0 radical (unpaired) electrons. The van der Waals surface area contributed by atoms with Gasteiger partial charge < -0.3 is 0 Å². The van der Waals surface area contributed by atoms with Gasteiger partial charge in [-0.2, -0.15) is 0 Å². The summed E-state index contributed by atoms with van der Waals surface area (Å²) in [5.74, 6) is 0. The monoisotopic (exact) mass is 136 g/mol. The molecular formula is C10H16. The van der Waals surface area contributed by atoms with Gasteiger partial charge in [-0.25, -0.2) is 0 Å². The SMILES string of the molecule is CC1(CCC2(C)CC2)C=C1. The van der Waals surface area contributed by atoms with Crippen molar-refractivity contribution in [3.05, 3.63) is 12.2 Å². The highest BCUT2D eigenvalue weighted by atomic mass is 14.4. The summed E-state index contributed by atoms with van der Waals surface area (Å²) in [6, 6.07) is 0. The van der Waals surface area contributed by atoms with E-state index >= 15 is 0 Å². The average molecular weight is 136 g/mol. The van der Waals surface area contributed by atoms with Gasteiger partial charge in [-0.05, 0) is 31.1 Å². The normalized spacial score (nSPS) is 30.2. The van der Waals surface area contributed by atoms with E-state index in [1.54, 1.807) is 0 Å².